The maximum absolute atomic E-state index is 13.4. The van der Waals surface area contributed by atoms with Gasteiger partial charge in [-0.2, -0.15) is 4.39 Å². The van der Waals surface area contributed by atoms with E-state index in [1.807, 2.05) is 0 Å². The molecule has 0 spiro atoms. The summed E-state index contributed by atoms with van der Waals surface area (Å²) in [4.78, 5) is 0. The molecule has 1 aliphatic carbocycles. The summed E-state index contributed by atoms with van der Waals surface area (Å²) in [5.74, 6) is -6.05. The van der Waals surface area contributed by atoms with Gasteiger partial charge >= 0.3 is 0 Å². The molecule has 0 saturated carbocycles. The van der Waals surface area contributed by atoms with Crippen LogP contribution in [-0.4, -0.2) is 19.2 Å². The Morgan fingerprint density at radius 1 is 1.40 bits per heavy atom. The van der Waals surface area contributed by atoms with Crippen LogP contribution in [0.4, 0.5) is 17.6 Å². The molecule has 1 nitrogen and oxygen atoms in total. The third-order valence-corrected chi connectivity index (χ3v) is 2.93. The molecule has 1 aliphatic rings. The van der Waals surface area contributed by atoms with Crippen molar-refractivity contribution >= 4 is 11.6 Å². The highest BCUT2D eigenvalue weighted by Gasteiger charge is 2.49. The Hall–Kier alpha value is -0.710. The minimum absolute atomic E-state index is 0.572. The van der Waals surface area contributed by atoms with E-state index in [4.69, 9.17) is 11.6 Å². The lowest BCUT2D eigenvalue weighted by molar-refractivity contribution is 0.124. The molecule has 0 N–H and O–H groups in total. The van der Waals surface area contributed by atoms with Gasteiger partial charge in [-0.05, 0) is 6.92 Å². The highest BCUT2D eigenvalue weighted by Crippen LogP contribution is 2.47. The van der Waals surface area contributed by atoms with Crippen LogP contribution in [0, 0.1) is 5.41 Å². The molecule has 0 aromatic carbocycles. The summed E-state index contributed by atoms with van der Waals surface area (Å²) in [6, 6.07) is 0. The predicted octanol–water partition coefficient (Wildman–Crippen LogP) is 3.56. The van der Waals surface area contributed by atoms with Crippen molar-refractivity contribution in [1.82, 2.24) is 0 Å². The van der Waals surface area contributed by atoms with Crippen molar-refractivity contribution in [3.63, 3.8) is 0 Å². The summed E-state index contributed by atoms with van der Waals surface area (Å²) in [5.41, 5.74) is -2.02. The minimum atomic E-state index is -2.34. The van der Waals surface area contributed by atoms with Crippen molar-refractivity contribution < 1.29 is 22.3 Å². The largest absolute Gasteiger partial charge is 0.491 e. The van der Waals surface area contributed by atoms with Crippen LogP contribution in [0.2, 0.25) is 0 Å². The second-order valence-corrected chi connectivity index (χ2v) is 3.69. The van der Waals surface area contributed by atoms with Gasteiger partial charge in [-0.15, -0.1) is 11.6 Å². The van der Waals surface area contributed by atoms with E-state index in [0.29, 0.717) is 0 Å². The topological polar surface area (TPSA) is 9.23 Å². The second kappa shape index (κ2) is 4.04. The maximum Gasteiger partial charge on any atom is 0.199 e. The van der Waals surface area contributed by atoms with Crippen molar-refractivity contribution in [2.45, 2.75) is 13.1 Å². The van der Waals surface area contributed by atoms with E-state index < -0.39 is 40.7 Å². The van der Waals surface area contributed by atoms with Crippen molar-refractivity contribution in [2.75, 3.05) is 13.0 Å². The van der Waals surface area contributed by atoms with Crippen molar-refractivity contribution in [2.24, 2.45) is 5.41 Å². The summed E-state index contributed by atoms with van der Waals surface area (Å²) in [7, 11) is 0.928. The van der Waals surface area contributed by atoms with Crippen LogP contribution in [0.5, 0.6) is 0 Å². The zero-order valence-electron chi connectivity index (χ0n) is 8.08. The first kappa shape index (κ1) is 12.4. The Morgan fingerprint density at radius 3 is 2.33 bits per heavy atom. The van der Waals surface area contributed by atoms with Crippen LogP contribution >= 0.6 is 11.6 Å². The van der Waals surface area contributed by atoms with Crippen molar-refractivity contribution in [3.8, 4) is 0 Å². The van der Waals surface area contributed by atoms with Crippen molar-refractivity contribution in [3.05, 3.63) is 23.2 Å². The van der Waals surface area contributed by atoms with E-state index in [1.165, 1.54) is 0 Å². The fraction of sp³-hybridized carbons (Fsp3) is 0.556. The first-order chi connectivity index (χ1) is 6.90. The normalized spacial score (nSPS) is 32.3. The summed E-state index contributed by atoms with van der Waals surface area (Å²) in [6.07, 6.45) is -2.34. The quantitative estimate of drug-likeness (QED) is 0.533. The van der Waals surface area contributed by atoms with E-state index in [1.54, 1.807) is 0 Å². The van der Waals surface area contributed by atoms with E-state index in [-0.39, 0.29) is 0 Å². The van der Waals surface area contributed by atoms with Crippen LogP contribution in [0.3, 0.4) is 0 Å². The van der Waals surface area contributed by atoms with Crippen LogP contribution in [-0.2, 0) is 4.74 Å². The average Bonchev–Trinajstić information content (AvgIpc) is 2.24. The molecule has 15 heavy (non-hydrogen) atoms. The van der Waals surface area contributed by atoms with Crippen molar-refractivity contribution in [1.29, 1.82) is 0 Å². The van der Waals surface area contributed by atoms with Crippen LogP contribution in [0.25, 0.3) is 0 Å². The van der Waals surface area contributed by atoms with Crippen LogP contribution in [0.15, 0.2) is 23.2 Å². The lowest BCUT2D eigenvalue weighted by atomic mass is 9.81. The molecule has 2 unspecified atom stereocenters. The van der Waals surface area contributed by atoms with E-state index in [2.05, 4.69) is 4.74 Å². The van der Waals surface area contributed by atoms with Gasteiger partial charge in [0.1, 0.15) is 5.83 Å². The zero-order chi connectivity index (χ0) is 11.8. The molecule has 0 aromatic heterocycles. The molecule has 0 heterocycles. The standard InChI is InChI=1S/C9H9ClF4O/c1-9(3-10)7(13)4(11)6(15-2)5(12)8(9)14/h7H,3H2,1-2H3. The summed E-state index contributed by atoms with van der Waals surface area (Å²) >= 11 is 5.32. The van der Waals surface area contributed by atoms with E-state index >= 15 is 0 Å². The Kier molecular flexibility index (Phi) is 3.33. The predicted molar refractivity (Wildman–Crippen MR) is 48.1 cm³/mol. The number of ether oxygens (including phenoxy) is 1. The Bertz CT molecular complexity index is 339. The third-order valence-electron chi connectivity index (χ3n) is 2.37. The Labute approximate surface area is 89.4 Å². The lowest BCUT2D eigenvalue weighted by Gasteiger charge is -2.32. The minimum Gasteiger partial charge on any atom is -0.491 e. The molecule has 0 radical (unpaired) electrons. The summed E-state index contributed by atoms with van der Waals surface area (Å²) < 4.78 is 57.5. The number of alkyl halides is 2. The van der Waals surface area contributed by atoms with Gasteiger partial charge in [0.2, 0.25) is 0 Å². The number of hydrogen-bond donors (Lipinski definition) is 0. The molecule has 6 heteroatoms. The highest BCUT2D eigenvalue weighted by molar-refractivity contribution is 6.18. The first-order valence-electron chi connectivity index (χ1n) is 4.10. The molecule has 0 fully saturated rings. The van der Waals surface area contributed by atoms with E-state index in [0.717, 1.165) is 14.0 Å². The number of allylic oxidation sites excluding steroid dienone is 3. The monoisotopic (exact) mass is 244 g/mol. The van der Waals surface area contributed by atoms with Crippen LogP contribution in [0.1, 0.15) is 6.92 Å². The molecule has 2 atom stereocenters. The van der Waals surface area contributed by atoms with Gasteiger partial charge in [-0.25, -0.2) is 13.2 Å². The zero-order valence-corrected chi connectivity index (χ0v) is 8.84. The molecule has 1 rings (SSSR count). The average molecular weight is 245 g/mol. The lowest BCUT2D eigenvalue weighted by Crippen LogP contribution is -2.36. The maximum atomic E-state index is 13.4. The molecule has 0 saturated heterocycles. The molecular formula is C9H9ClF4O. The van der Waals surface area contributed by atoms with Gasteiger partial charge in [0.15, 0.2) is 23.6 Å². The van der Waals surface area contributed by atoms with Gasteiger partial charge in [0.25, 0.3) is 0 Å². The summed E-state index contributed by atoms with van der Waals surface area (Å²) in [6.45, 7) is 1.01. The van der Waals surface area contributed by atoms with Gasteiger partial charge in [0.05, 0.1) is 12.5 Å². The number of halogens is 5. The summed E-state index contributed by atoms with van der Waals surface area (Å²) in [5, 5.41) is 0. The third kappa shape index (κ3) is 1.62. The molecular weight excluding hydrogens is 236 g/mol. The van der Waals surface area contributed by atoms with Gasteiger partial charge < -0.3 is 4.74 Å². The Balaban J connectivity index is 3.34. The SMILES string of the molecule is COC1=C(F)C(F)C(C)(CCl)C(F)=C1F. The number of hydrogen-bond acceptors (Lipinski definition) is 1. The van der Waals surface area contributed by atoms with Gasteiger partial charge in [-0.1, -0.05) is 0 Å². The van der Waals surface area contributed by atoms with Gasteiger partial charge in [-0.3, -0.25) is 0 Å². The fourth-order valence-electron chi connectivity index (χ4n) is 1.27. The highest BCUT2D eigenvalue weighted by atomic mass is 35.5. The molecule has 0 aromatic rings. The molecule has 0 bridgehead atoms. The van der Waals surface area contributed by atoms with Gasteiger partial charge in [0, 0.05) is 5.88 Å². The second-order valence-electron chi connectivity index (χ2n) is 3.42. The number of rotatable bonds is 2. The van der Waals surface area contributed by atoms with E-state index in [9.17, 15) is 17.6 Å². The van der Waals surface area contributed by atoms with Crippen LogP contribution < -0.4 is 0 Å². The Morgan fingerprint density at radius 2 is 1.93 bits per heavy atom. The molecule has 0 aliphatic heterocycles. The molecule has 0 amide bonds. The number of methoxy groups -OCH3 is 1. The first-order valence-corrected chi connectivity index (χ1v) is 4.63. The molecule has 86 valence electrons. The fourth-order valence-corrected chi connectivity index (χ4v) is 1.53. The smallest absolute Gasteiger partial charge is 0.199 e.